The summed E-state index contributed by atoms with van der Waals surface area (Å²) >= 11 is 27.5. The molecular weight excluding hydrogens is 786 g/mol. The van der Waals surface area contributed by atoms with Crippen LogP contribution >= 0.6 is 46.4 Å². The monoisotopic (exact) mass is 828 g/mol. The molecule has 6 nitrogen and oxygen atoms in total. The first-order chi connectivity index (χ1) is 27.2. The van der Waals surface area contributed by atoms with Crippen molar-refractivity contribution in [3.8, 4) is 11.5 Å². The van der Waals surface area contributed by atoms with E-state index in [1.165, 1.54) is 0 Å². The van der Waals surface area contributed by atoms with Gasteiger partial charge in [0.1, 0.15) is 11.5 Å². The molecule has 5 aromatic carbocycles. The van der Waals surface area contributed by atoms with Crippen LogP contribution in [0.25, 0.3) is 11.1 Å². The van der Waals surface area contributed by atoms with E-state index in [0.717, 1.165) is 82.2 Å². The maximum atomic E-state index is 14.3. The molecule has 1 aliphatic rings. The lowest BCUT2D eigenvalue weighted by atomic mass is 9.82. The van der Waals surface area contributed by atoms with Gasteiger partial charge in [-0.15, -0.1) is 0 Å². The first kappa shape index (κ1) is 41.1. The fraction of sp³-hybridized carbons (Fsp3) is 0.239. The van der Waals surface area contributed by atoms with Gasteiger partial charge in [-0.1, -0.05) is 121 Å². The van der Waals surface area contributed by atoms with Crippen LogP contribution in [0, 0.1) is 0 Å². The molecule has 0 atom stereocenters. The Morgan fingerprint density at radius 2 is 1.04 bits per heavy atom. The average Bonchev–Trinajstić information content (AvgIpc) is 3.51. The minimum atomic E-state index is -1.67. The summed E-state index contributed by atoms with van der Waals surface area (Å²) in [5.74, 6) is 0.765. The third-order valence-corrected chi connectivity index (χ3v) is 11.2. The number of rotatable bonds is 16. The van der Waals surface area contributed by atoms with Crippen LogP contribution in [0.3, 0.4) is 0 Å². The summed E-state index contributed by atoms with van der Waals surface area (Å²) in [5, 5.41) is 7.18. The van der Waals surface area contributed by atoms with Crippen LogP contribution in [0.5, 0.6) is 11.5 Å². The average molecular weight is 831 g/mol. The van der Waals surface area contributed by atoms with E-state index in [1.807, 2.05) is 123 Å². The molecule has 290 valence electrons. The molecule has 56 heavy (non-hydrogen) atoms. The second kappa shape index (κ2) is 18.6. The zero-order chi connectivity index (χ0) is 39.8. The third kappa shape index (κ3) is 8.54. The predicted molar refractivity (Wildman–Crippen MR) is 233 cm³/mol. The van der Waals surface area contributed by atoms with Crippen molar-refractivity contribution < 1.29 is 19.0 Å². The van der Waals surface area contributed by atoms with Crippen molar-refractivity contribution in [3.63, 3.8) is 0 Å². The summed E-state index contributed by atoms with van der Waals surface area (Å²) in [5.41, 5.74) is 5.40. The van der Waals surface area contributed by atoms with Crippen LogP contribution in [0.15, 0.2) is 109 Å². The van der Waals surface area contributed by atoms with Crippen molar-refractivity contribution in [1.29, 1.82) is 0 Å². The second-order valence-corrected chi connectivity index (χ2v) is 14.7. The molecule has 0 radical (unpaired) electrons. The number of esters is 1. The Kier molecular flexibility index (Phi) is 13.6. The van der Waals surface area contributed by atoms with E-state index in [4.69, 9.17) is 60.6 Å². The number of fused-ring (bicyclic) bond motifs is 1. The Bertz CT molecular complexity index is 2140. The molecule has 0 bridgehead atoms. The van der Waals surface area contributed by atoms with E-state index in [2.05, 4.69) is 24.5 Å². The van der Waals surface area contributed by atoms with E-state index < -0.39 is 11.6 Å². The molecule has 2 N–H and O–H groups in total. The van der Waals surface area contributed by atoms with Crippen molar-refractivity contribution in [3.05, 3.63) is 163 Å². The number of carbonyl (C=O) groups is 1. The maximum Gasteiger partial charge on any atom is 0.341 e. The lowest BCUT2D eigenvalue weighted by Gasteiger charge is -2.28. The van der Waals surface area contributed by atoms with Crippen LogP contribution < -0.4 is 20.1 Å². The highest BCUT2D eigenvalue weighted by molar-refractivity contribution is 6.53. The van der Waals surface area contributed by atoms with E-state index in [-0.39, 0.29) is 31.2 Å². The van der Waals surface area contributed by atoms with Gasteiger partial charge in [-0.25, -0.2) is 4.79 Å². The molecule has 0 fully saturated rings. The molecule has 0 aromatic heterocycles. The molecule has 0 amide bonds. The molecule has 6 rings (SSSR count). The van der Waals surface area contributed by atoms with E-state index in [9.17, 15) is 4.79 Å². The SMILES string of the molecule is CCCNc1ccccc1C(=CC1(C=C(c2ccc(OCC)cc2)c2ccccc2NCCC)OC(=O)c2c(Cl)c(Cl)c(Cl)c(Cl)c21)c1ccc(OCC)cc1. The smallest absolute Gasteiger partial charge is 0.341 e. The Morgan fingerprint density at radius 1 is 0.607 bits per heavy atom. The zero-order valence-electron chi connectivity index (χ0n) is 31.8. The van der Waals surface area contributed by atoms with Crippen molar-refractivity contribution in [2.24, 2.45) is 0 Å². The van der Waals surface area contributed by atoms with Gasteiger partial charge in [-0.2, -0.15) is 0 Å². The fourth-order valence-electron chi connectivity index (χ4n) is 6.81. The summed E-state index contributed by atoms with van der Waals surface area (Å²) < 4.78 is 18.3. The number of halogens is 4. The number of nitrogens with one attached hydrogen (secondary N) is 2. The predicted octanol–water partition coefficient (Wildman–Crippen LogP) is 13.4. The number of cyclic esters (lactones) is 1. The maximum absolute atomic E-state index is 14.3. The molecule has 0 spiro atoms. The summed E-state index contributed by atoms with van der Waals surface area (Å²) in [6, 6.07) is 31.7. The number of para-hydroxylation sites is 2. The Morgan fingerprint density at radius 3 is 1.46 bits per heavy atom. The van der Waals surface area contributed by atoms with Crippen LogP contribution in [0.1, 0.15) is 78.7 Å². The van der Waals surface area contributed by atoms with E-state index in [0.29, 0.717) is 13.2 Å². The highest BCUT2D eigenvalue weighted by Crippen LogP contribution is 2.54. The number of ether oxygens (including phenoxy) is 3. The van der Waals surface area contributed by atoms with Crippen LogP contribution in [0.2, 0.25) is 20.1 Å². The number of benzene rings is 5. The lowest BCUT2D eigenvalue weighted by molar-refractivity contribution is 0.0300. The van der Waals surface area contributed by atoms with Gasteiger partial charge < -0.3 is 24.8 Å². The van der Waals surface area contributed by atoms with Crippen LogP contribution in [-0.2, 0) is 10.3 Å². The van der Waals surface area contributed by atoms with Gasteiger partial charge in [-0.3, -0.25) is 0 Å². The normalized spacial score (nSPS) is 15.3. The topological polar surface area (TPSA) is 68.8 Å². The first-order valence-corrected chi connectivity index (χ1v) is 20.4. The standard InChI is InChI=1S/C46H44Cl4N2O4/c1-5-25-51-37-15-11-9-13-33(37)35(29-17-21-31(22-18-29)54-7-3)27-46(40-39(45(53)56-46)41(47)43(49)44(50)42(40)48)28-36(30-19-23-32(24-20-30)55-8-4)34-14-10-12-16-38(34)52-26-6-2/h9-24,27-28,51-52H,5-8,25-26H2,1-4H3. The molecule has 1 heterocycles. The van der Waals surface area contributed by atoms with Gasteiger partial charge >= 0.3 is 5.97 Å². The summed E-state index contributed by atoms with van der Waals surface area (Å²) in [7, 11) is 0. The summed E-state index contributed by atoms with van der Waals surface area (Å²) in [6.07, 6.45) is 5.70. The molecule has 0 saturated carbocycles. The number of carbonyl (C=O) groups excluding carboxylic acids is 1. The number of hydrogen-bond donors (Lipinski definition) is 2. The molecule has 1 aliphatic heterocycles. The molecular formula is C46H44Cl4N2O4. The van der Waals surface area contributed by atoms with Crippen LogP contribution in [0.4, 0.5) is 11.4 Å². The molecule has 10 heteroatoms. The minimum absolute atomic E-state index is 0.0156. The highest BCUT2D eigenvalue weighted by atomic mass is 35.5. The highest BCUT2D eigenvalue weighted by Gasteiger charge is 2.48. The van der Waals surface area contributed by atoms with Crippen molar-refractivity contribution in [1.82, 2.24) is 0 Å². The zero-order valence-corrected chi connectivity index (χ0v) is 34.8. The third-order valence-electron chi connectivity index (χ3n) is 9.36. The summed E-state index contributed by atoms with van der Waals surface area (Å²) in [4.78, 5) is 14.3. The number of anilines is 2. The van der Waals surface area contributed by atoms with Crippen molar-refractivity contribution in [2.75, 3.05) is 36.9 Å². The lowest BCUT2D eigenvalue weighted by Crippen LogP contribution is -2.23. The molecule has 0 unspecified atom stereocenters. The summed E-state index contributed by atoms with van der Waals surface area (Å²) in [6.45, 7) is 10.7. The Labute approximate surface area is 349 Å². The van der Waals surface area contributed by atoms with Crippen molar-refractivity contribution >= 4 is 74.9 Å². The van der Waals surface area contributed by atoms with E-state index in [1.54, 1.807) is 0 Å². The molecule has 5 aromatic rings. The van der Waals surface area contributed by atoms with Gasteiger partial charge in [0.15, 0.2) is 5.60 Å². The largest absolute Gasteiger partial charge is 0.494 e. The van der Waals surface area contributed by atoms with Crippen LogP contribution in [-0.4, -0.2) is 32.3 Å². The van der Waals surface area contributed by atoms with E-state index >= 15 is 0 Å². The van der Waals surface area contributed by atoms with Gasteiger partial charge in [0, 0.05) is 41.2 Å². The molecule has 0 saturated heterocycles. The second-order valence-electron chi connectivity index (χ2n) is 13.2. The van der Waals surface area contributed by atoms with Gasteiger partial charge in [-0.05, 0) is 97.5 Å². The quantitative estimate of drug-likeness (QED) is 0.0586. The van der Waals surface area contributed by atoms with Gasteiger partial charge in [0.05, 0.1) is 38.9 Å². The minimum Gasteiger partial charge on any atom is -0.494 e. The van der Waals surface area contributed by atoms with Gasteiger partial charge in [0.2, 0.25) is 0 Å². The van der Waals surface area contributed by atoms with Gasteiger partial charge in [0.25, 0.3) is 0 Å². The Balaban J connectivity index is 1.76. The van der Waals surface area contributed by atoms with Crippen molar-refractivity contribution in [2.45, 2.75) is 46.1 Å². The molecule has 0 aliphatic carbocycles. The first-order valence-electron chi connectivity index (χ1n) is 18.8. The number of hydrogen-bond acceptors (Lipinski definition) is 6. The Hall–Kier alpha value is -4.59. The fourth-order valence-corrected chi connectivity index (χ4v) is 7.89.